The molecule has 3 aromatic rings. The SMILES string of the molecule is CCCc1nc2cnc(C)c(C)c2n1CCCSc1ccccc1. The molecular formula is C20H25N3S. The highest BCUT2D eigenvalue weighted by Crippen LogP contribution is 2.24. The number of hydrogen-bond donors (Lipinski definition) is 0. The highest BCUT2D eigenvalue weighted by atomic mass is 32.2. The molecular weight excluding hydrogens is 314 g/mol. The molecule has 0 aliphatic rings. The molecule has 0 radical (unpaired) electrons. The summed E-state index contributed by atoms with van der Waals surface area (Å²) >= 11 is 1.93. The number of rotatable bonds is 7. The van der Waals surface area contributed by atoms with Gasteiger partial charge in [0.1, 0.15) is 11.3 Å². The Morgan fingerprint density at radius 1 is 1.12 bits per heavy atom. The van der Waals surface area contributed by atoms with E-state index in [1.54, 1.807) is 0 Å². The lowest BCUT2D eigenvalue weighted by atomic mass is 10.2. The molecule has 0 spiro atoms. The molecule has 2 aromatic heterocycles. The number of imidazole rings is 1. The van der Waals surface area contributed by atoms with Crippen LogP contribution in [-0.4, -0.2) is 20.3 Å². The third-order valence-corrected chi connectivity index (χ3v) is 5.46. The quantitative estimate of drug-likeness (QED) is 0.439. The highest BCUT2D eigenvalue weighted by Gasteiger charge is 2.13. The second-order valence-corrected chi connectivity index (χ2v) is 7.32. The van der Waals surface area contributed by atoms with E-state index in [-0.39, 0.29) is 0 Å². The van der Waals surface area contributed by atoms with Crippen LogP contribution < -0.4 is 0 Å². The van der Waals surface area contributed by atoms with Gasteiger partial charge in [-0.2, -0.15) is 0 Å². The van der Waals surface area contributed by atoms with Gasteiger partial charge in [-0.05, 0) is 50.1 Å². The minimum absolute atomic E-state index is 1.02. The predicted octanol–water partition coefficient (Wildman–Crippen LogP) is 5.18. The van der Waals surface area contributed by atoms with Crippen LogP contribution in [0.1, 0.15) is 36.8 Å². The van der Waals surface area contributed by atoms with Crippen molar-refractivity contribution in [2.24, 2.45) is 0 Å². The molecule has 0 atom stereocenters. The molecule has 0 saturated carbocycles. The average molecular weight is 340 g/mol. The lowest BCUT2D eigenvalue weighted by molar-refractivity contribution is 0.649. The van der Waals surface area contributed by atoms with E-state index in [0.717, 1.165) is 42.8 Å². The third-order valence-electron chi connectivity index (χ3n) is 4.36. The van der Waals surface area contributed by atoms with Crippen molar-refractivity contribution < 1.29 is 0 Å². The zero-order valence-corrected chi connectivity index (χ0v) is 15.6. The topological polar surface area (TPSA) is 30.7 Å². The smallest absolute Gasteiger partial charge is 0.109 e. The van der Waals surface area contributed by atoms with Gasteiger partial charge in [0.25, 0.3) is 0 Å². The lowest BCUT2D eigenvalue weighted by Crippen LogP contribution is -2.06. The van der Waals surface area contributed by atoms with Crippen molar-refractivity contribution in [1.82, 2.24) is 14.5 Å². The maximum Gasteiger partial charge on any atom is 0.109 e. The van der Waals surface area contributed by atoms with Crippen molar-refractivity contribution in [2.45, 2.75) is 51.5 Å². The van der Waals surface area contributed by atoms with Gasteiger partial charge in [0.15, 0.2) is 0 Å². The van der Waals surface area contributed by atoms with Crippen molar-refractivity contribution in [2.75, 3.05) is 5.75 Å². The molecule has 3 rings (SSSR count). The average Bonchev–Trinajstić information content (AvgIpc) is 2.95. The molecule has 0 unspecified atom stereocenters. The molecule has 24 heavy (non-hydrogen) atoms. The molecule has 1 aromatic carbocycles. The van der Waals surface area contributed by atoms with Crippen LogP contribution in [0.4, 0.5) is 0 Å². The van der Waals surface area contributed by atoms with E-state index in [2.05, 4.69) is 60.7 Å². The summed E-state index contributed by atoms with van der Waals surface area (Å²) < 4.78 is 2.42. The van der Waals surface area contributed by atoms with Crippen molar-refractivity contribution in [3.8, 4) is 0 Å². The Labute approximate surface area is 148 Å². The van der Waals surface area contributed by atoms with Crippen LogP contribution >= 0.6 is 11.8 Å². The number of nitrogens with zero attached hydrogens (tertiary/aromatic N) is 3. The second kappa shape index (κ2) is 7.84. The molecule has 126 valence electrons. The van der Waals surface area contributed by atoms with Crippen molar-refractivity contribution in [1.29, 1.82) is 0 Å². The highest BCUT2D eigenvalue weighted by molar-refractivity contribution is 7.99. The Morgan fingerprint density at radius 2 is 1.92 bits per heavy atom. The summed E-state index contributed by atoms with van der Waals surface area (Å²) in [6.45, 7) is 7.48. The molecule has 0 fully saturated rings. The van der Waals surface area contributed by atoms with E-state index in [9.17, 15) is 0 Å². The van der Waals surface area contributed by atoms with Gasteiger partial charge in [0.2, 0.25) is 0 Å². The van der Waals surface area contributed by atoms with Crippen LogP contribution in [0.15, 0.2) is 41.4 Å². The Hall–Kier alpha value is -1.81. The van der Waals surface area contributed by atoms with Crippen LogP contribution in [0.2, 0.25) is 0 Å². The summed E-state index contributed by atoms with van der Waals surface area (Å²) in [6.07, 6.45) is 5.21. The minimum Gasteiger partial charge on any atom is -0.328 e. The molecule has 3 nitrogen and oxygen atoms in total. The van der Waals surface area contributed by atoms with Gasteiger partial charge in [0.05, 0.1) is 11.7 Å². The molecule has 0 aliphatic carbocycles. The van der Waals surface area contributed by atoms with E-state index in [1.165, 1.54) is 21.8 Å². The van der Waals surface area contributed by atoms with Crippen molar-refractivity contribution in [3.05, 3.63) is 53.6 Å². The molecule has 0 saturated heterocycles. The number of benzene rings is 1. The number of fused-ring (bicyclic) bond motifs is 1. The fourth-order valence-electron chi connectivity index (χ4n) is 3.02. The standard InChI is InChI=1S/C20H25N3S/c1-4-9-19-22-18-14-21-16(3)15(2)20(18)23(19)12-8-13-24-17-10-6-5-7-11-17/h5-7,10-11,14H,4,8-9,12-13H2,1-3H3. The largest absolute Gasteiger partial charge is 0.328 e. The molecule has 2 heterocycles. The number of thioether (sulfide) groups is 1. The maximum atomic E-state index is 4.83. The number of aromatic nitrogens is 3. The molecule has 0 amide bonds. The number of pyridine rings is 1. The summed E-state index contributed by atoms with van der Waals surface area (Å²) in [6, 6.07) is 10.6. The summed E-state index contributed by atoms with van der Waals surface area (Å²) in [5.41, 5.74) is 4.68. The van der Waals surface area contributed by atoms with Crippen LogP contribution in [0.25, 0.3) is 11.0 Å². The number of hydrogen-bond acceptors (Lipinski definition) is 3. The van der Waals surface area contributed by atoms with E-state index in [1.807, 2.05) is 18.0 Å². The van der Waals surface area contributed by atoms with E-state index < -0.39 is 0 Å². The monoisotopic (exact) mass is 339 g/mol. The van der Waals surface area contributed by atoms with Gasteiger partial charge in [0, 0.05) is 23.6 Å². The Kier molecular flexibility index (Phi) is 5.56. The Morgan fingerprint density at radius 3 is 2.67 bits per heavy atom. The second-order valence-electron chi connectivity index (χ2n) is 6.15. The summed E-state index contributed by atoms with van der Waals surface area (Å²) in [7, 11) is 0. The fraction of sp³-hybridized carbons (Fsp3) is 0.400. The molecule has 0 aliphatic heterocycles. The normalized spacial score (nSPS) is 11.3. The summed E-state index contributed by atoms with van der Waals surface area (Å²) in [4.78, 5) is 10.7. The van der Waals surface area contributed by atoms with E-state index >= 15 is 0 Å². The van der Waals surface area contributed by atoms with Gasteiger partial charge >= 0.3 is 0 Å². The first kappa shape index (κ1) is 17.0. The van der Waals surface area contributed by atoms with E-state index in [4.69, 9.17) is 4.98 Å². The Balaban J connectivity index is 1.77. The maximum absolute atomic E-state index is 4.83. The van der Waals surface area contributed by atoms with Crippen LogP contribution in [-0.2, 0) is 13.0 Å². The van der Waals surface area contributed by atoms with Crippen LogP contribution in [0.5, 0.6) is 0 Å². The molecule has 0 bridgehead atoms. The van der Waals surface area contributed by atoms with Gasteiger partial charge in [-0.1, -0.05) is 25.1 Å². The van der Waals surface area contributed by atoms with Crippen molar-refractivity contribution >= 4 is 22.8 Å². The molecule has 0 N–H and O–H groups in total. The van der Waals surface area contributed by atoms with Gasteiger partial charge in [-0.15, -0.1) is 11.8 Å². The minimum atomic E-state index is 1.02. The van der Waals surface area contributed by atoms with Gasteiger partial charge in [-0.25, -0.2) is 4.98 Å². The van der Waals surface area contributed by atoms with Gasteiger partial charge < -0.3 is 4.57 Å². The van der Waals surface area contributed by atoms with Crippen LogP contribution in [0.3, 0.4) is 0 Å². The first-order valence-electron chi connectivity index (χ1n) is 8.70. The van der Waals surface area contributed by atoms with Crippen molar-refractivity contribution in [3.63, 3.8) is 0 Å². The first-order chi connectivity index (χ1) is 11.7. The van der Waals surface area contributed by atoms with E-state index in [0.29, 0.717) is 0 Å². The van der Waals surface area contributed by atoms with Crippen LogP contribution in [0, 0.1) is 13.8 Å². The predicted molar refractivity (Wildman–Crippen MR) is 103 cm³/mol. The molecule has 4 heteroatoms. The zero-order valence-electron chi connectivity index (χ0n) is 14.7. The Bertz CT molecular complexity index is 809. The first-order valence-corrected chi connectivity index (χ1v) is 9.68. The number of aryl methyl sites for hydroxylation is 4. The van der Waals surface area contributed by atoms with Gasteiger partial charge in [-0.3, -0.25) is 4.98 Å². The summed E-state index contributed by atoms with van der Waals surface area (Å²) in [5.74, 6) is 2.32. The summed E-state index contributed by atoms with van der Waals surface area (Å²) in [5, 5.41) is 0. The zero-order chi connectivity index (χ0) is 16.9. The third kappa shape index (κ3) is 3.64. The fourth-order valence-corrected chi connectivity index (χ4v) is 3.87. The lowest BCUT2D eigenvalue weighted by Gasteiger charge is -2.11.